The topological polar surface area (TPSA) is 25.2 Å². The van der Waals surface area contributed by atoms with Crippen LogP contribution in [0.2, 0.25) is 0 Å². The van der Waals surface area contributed by atoms with Gasteiger partial charge in [0.25, 0.3) is 0 Å². The Kier molecular flexibility index (Phi) is 3.93. The molecule has 1 aromatic carbocycles. The summed E-state index contributed by atoms with van der Waals surface area (Å²) in [5.41, 5.74) is 2.56. The lowest BCUT2D eigenvalue weighted by molar-refractivity contribution is 0.492. The lowest BCUT2D eigenvalue weighted by Crippen LogP contribution is -2.14. The number of hydrogen-bond acceptors (Lipinski definition) is 2. The van der Waals surface area contributed by atoms with Crippen LogP contribution in [0.3, 0.4) is 0 Å². The molecule has 106 valence electrons. The fourth-order valence-electron chi connectivity index (χ4n) is 2.44. The molecular weight excluding hydrogens is 246 g/mol. The van der Waals surface area contributed by atoms with E-state index in [-0.39, 0.29) is 0 Å². The Labute approximate surface area is 121 Å². The monoisotopic (exact) mass is 269 g/mol. The summed E-state index contributed by atoms with van der Waals surface area (Å²) in [4.78, 5) is 0. The van der Waals surface area contributed by atoms with Gasteiger partial charge in [0.05, 0.1) is 6.54 Å². The summed E-state index contributed by atoms with van der Waals surface area (Å²) in [5.74, 6) is 2.69. The van der Waals surface area contributed by atoms with Crippen LogP contribution in [0.25, 0.3) is 11.3 Å². The maximum absolute atomic E-state index is 5.91. The molecule has 3 rings (SSSR count). The van der Waals surface area contributed by atoms with Crippen LogP contribution in [0.4, 0.5) is 0 Å². The maximum atomic E-state index is 5.91. The molecule has 0 unspecified atom stereocenters. The van der Waals surface area contributed by atoms with Crippen molar-refractivity contribution < 1.29 is 4.42 Å². The number of benzene rings is 1. The van der Waals surface area contributed by atoms with E-state index in [1.165, 1.54) is 18.4 Å². The first-order valence-corrected chi connectivity index (χ1v) is 7.62. The van der Waals surface area contributed by atoms with E-state index in [0.717, 1.165) is 36.1 Å². The number of furan rings is 1. The highest BCUT2D eigenvalue weighted by Crippen LogP contribution is 2.24. The Morgan fingerprint density at radius 1 is 1.10 bits per heavy atom. The Morgan fingerprint density at radius 2 is 1.85 bits per heavy atom. The zero-order valence-electron chi connectivity index (χ0n) is 12.4. The third-order valence-corrected chi connectivity index (χ3v) is 3.69. The van der Waals surface area contributed by atoms with Crippen molar-refractivity contribution in [1.82, 2.24) is 5.32 Å². The van der Waals surface area contributed by atoms with E-state index in [9.17, 15) is 0 Å². The summed E-state index contributed by atoms with van der Waals surface area (Å²) in [6, 6.07) is 13.6. The summed E-state index contributed by atoms with van der Waals surface area (Å²) in [5, 5.41) is 3.47. The van der Waals surface area contributed by atoms with Crippen molar-refractivity contribution in [2.45, 2.75) is 45.7 Å². The van der Waals surface area contributed by atoms with Crippen molar-refractivity contribution in [3.05, 3.63) is 47.7 Å². The molecule has 2 aromatic rings. The average molecular weight is 269 g/mol. The molecule has 1 fully saturated rings. The van der Waals surface area contributed by atoms with Gasteiger partial charge in [-0.15, -0.1) is 0 Å². The van der Waals surface area contributed by atoms with E-state index in [1.54, 1.807) is 0 Å². The first-order chi connectivity index (χ1) is 9.70. The third-order valence-electron chi connectivity index (χ3n) is 3.69. The SMILES string of the molecule is CC(C)Cc1ccc(-c2ccc(CNC3CC3)o2)cc1. The van der Waals surface area contributed by atoms with Crippen LogP contribution in [0.5, 0.6) is 0 Å². The summed E-state index contributed by atoms with van der Waals surface area (Å²) < 4.78 is 5.91. The molecule has 0 radical (unpaired) electrons. The molecule has 0 saturated heterocycles. The Bertz CT molecular complexity index is 549. The fraction of sp³-hybridized carbons (Fsp3) is 0.444. The number of rotatable bonds is 6. The lowest BCUT2D eigenvalue weighted by Gasteiger charge is -2.05. The largest absolute Gasteiger partial charge is 0.460 e. The van der Waals surface area contributed by atoms with Crippen LogP contribution < -0.4 is 5.32 Å². The molecule has 0 spiro atoms. The summed E-state index contributed by atoms with van der Waals surface area (Å²) in [7, 11) is 0. The van der Waals surface area contributed by atoms with Crippen LogP contribution >= 0.6 is 0 Å². The smallest absolute Gasteiger partial charge is 0.134 e. The second-order valence-corrected chi connectivity index (χ2v) is 6.22. The first-order valence-electron chi connectivity index (χ1n) is 7.62. The highest BCUT2D eigenvalue weighted by molar-refractivity contribution is 5.58. The Hall–Kier alpha value is -1.54. The fourth-order valence-corrected chi connectivity index (χ4v) is 2.44. The maximum Gasteiger partial charge on any atom is 0.134 e. The predicted molar refractivity (Wildman–Crippen MR) is 82.5 cm³/mol. The normalized spacial score (nSPS) is 14.9. The van der Waals surface area contributed by atoms with Crippen molar-refractivity contribution in [2.24, 2.45) is 5.92 Å². The zero-order valence-corrected chi connectivity index (χ0v) is 12.4. The van der Waals surface area contributed by atoms with E-state index in [0.29, 0.717) is 5.92 Å². The van der Waals surface area contributed by atoms with E-state index in [4.69, 9.17) is 4.42 Å². The highest BCUT2D eigenvalue weighted by atomic mass is 16.3. The molecule has 1 aromatic heterocycles. The minimum Gasteiger partial charge on any atom is -0.460 e. The minimum atomic E-state index is 0.699. The van der Waals surface area contributed by atoms with Gasteiger partial charge >= 0.3 is 0 Å². The van der Waals surface area contributed by atoms with Gasteiger partial charge in [0.1, 0.15) is 11.5 Å². The molecule has 1 aliphatic rings. The van der Waals surface area contributed by atoms with Gasteiger partial charge in [-0.25, -0.2) is 0 Å². The molecule has 1 N–H and O–H groups in total. The number of hydrogen-bond donors (Lipinski definition) is 1. The Morgan fingerprint density at radius 3 is 2.50 bits per heavy atom. The molecule has 2 nitrogen and oxygen atoms in total. The molecule has 0 amide bonds. The Balaban J connectivity index is 1.65. The first kappa shape index (κ1) is 13.4. The molecular formula is C18H23NO. The van der Waals surface area contributed by atoms with Crippen LogP contribution in [-0.2, 0) is 13.0 Å². The van der Waals surface area contributed by atoms with E-state index < -0.39 is 0 Å². The summed E-state index contributed by atoms with van der Waals surface area (Å²) in [6.07, 6.45) is 3.75. The van der Waals surface area contributed by atoms with Crippen LogP contribution in [0, 0.1) is 5.92 Å². The van der Waals surface area contributed by atoms with Crippen molar-refractivity contribution >= 4 is 0 Å². The average Bonchev–Trinajstić information content (AvgIpc) is 3.14. The van der Waals surface area contributed by atoms with Crippen LogP contribution in [0.1, 0.15) is 38.0 Å². The second kappa shape index (κ2) is 5.84. The highest BCUT2D eigenvalue weighted by Gasteiger charge is 2.20. The molecule has 1 heterocycles. The third kappa shape index (κ3) is 3.51. The van der Waals surface area contributed by atoms with Gasteiger partial charge in [-0.2, -0.15) is 0 Å². The quantitative estimate of drug-likeness (QED) is 0.841. The van der Waals surface area contributed by atoms with Crippen molar-refractivity contribution in [3.63, 3.8) is 0 Å². The molecule has 1 saturated carbocycles. The van der Waals surface area contributed by atoms with Gasteiger partial charge in [0.15, 0.2) is 0 Å². The standard InChI is InChI=1S/C18H23NO/c1-13(2)11-14-3-5-15(6-4-14)18-10-9-17(20-18)12-19-16-7-8-16/h3-6,9-10,13,16,19H,7-8,11-12H2,1-2H3. The molecule has 0 bridgehead atoms. The predicted octanol–water partition coefficient (Wildman–Crippen LogP) is 4.40. The lowest BCUT2D eigenvalue weighted by atomic mass is 10.0. The van der Waals surface area contributed by atoms with Crippen molar-refractivity contribution in [1.29, 1.82) is 0 Å². The molecule has 1 aliphatic carbocycles. The van der Waals surface area contributed by atoms with Gasteiger partial charge < -0.3 is 9.73 Å². The molecule has 2 heteroatoms. The molecule has 0 aliphatic heterocycles. The van der Waals surface area contributed by atoms with Crippen molar-refractivity contribution in [3.8, 4) is 11.3 Å². The van der Waals surface area contributed by atoms with Gasteiger partial charge in [-0.3, -0.25) is 0 Å². The molecule has 20 heavy (non-hydrogen) atoms. The zero-order chi connectivity index (χ0) is 13.9. The van der Waals surface area contributed by atoms with Gasteiger partial charge in [-0.05, 0) is 42.9 Å². The minimum absolute atomic E-state index is 0.699. The number of nitrogens with one attached hydrogen (secondary N) is 1. The van der Waals surface area contributed by atoms with Crippen LogP contribution in [0.15, 0.2) is 40.8 Å². The van der Waals surface area contributed by atoms with E-state index >= 15 is 0 Å². The summed E-state index contributed by atoms with van der Waals surface area (Å²) >= 11 is 0. The van der Waals surface area contributed by atoms with Gasteiger partial charge in [0.2, 0.25) is 0 Å². The van der Waals surface area contributed by atoms with Gasteiger partial charge in [-0.1, -0.05) is 38.1 Å². The summed E-state index contributed by atoms with van der Waals surface area (Å²) in [6.45, 7) is 5.34. The molecule has 0 atom stereocenters. The van der Waals surface area contributed by atoms with Gasteiger partial charge in [0, 0.05) is 11.6 Å². The van der Waals surface area contributed by atoms with Crippen LogP contribution in [-0.4, -0.2) is 6.04 Å². The second-order valence-electron chi connectivity index (χ2n) is 6.22. The van der Waals surface area contributed by atoms with Crippen molar-refractivity contribution in [2.75, 3.05) is 0 Å². The van der Waals surface area contributed by atoms with E-state index in [1.807, 2.05) is 0 Å². The van der Waals surface area contributed by atoms with E-state index in [2.05, 4.69) is 55.6 Å².